The van der Waals surface area contributed by atoms with Crippen LogP contribution in [0, 0.1) is 13.8 Å². The van der Waals surface area contributed by atoms with Gasteiger partial charge in [0.25, 0.3) is 0 Å². The molecule has 0 aliphatic rings. The lowest BCUT2D eigenvalue weighted by Gasteiger charge is -2.10. The zero-order chi connectivity index (χ0) is 16.5. The van der Waals surface area contributed by atoms with Crippen molar-refractivity contribution in [1.29, 1.82) is 0 Å². The highest BCUT2D eigenvalue weighted by Crippen LogP contribution is 2.16. The van der Waals surface area contributed by atoms with E-state index in [9.17, 15) is 0 Å². The van der Waals surface area contributed by atoms with Gasteiger partial charge in [0.1, 0.15) is 5.76 Å². The number of furan rings is 1. The van der Waals surface area contributed by atoms with Gasteiger partial charge in [-0.1, -0.05) is 6.08 Å². The fraction of sp³-hybridized carbons (Fsp3) is 0.412. The maximum Gasteiger partial charge on any atom is 0.191 e. The molecule has 0 bridgehead atoms. The average Bonchev–Trinajstić information content (AvgIpc) is 3.15. The van der Waals surface area contributed by atoms with Crippen LogP contribution < -0.4 is 10.6 Å². The number of guanidine groups is 1. The molecule has 0 aliphatic heterocycles. The van der Waals surface area contributed by atoms with Crippen molar-refractivity contribution in [3.8, 4) is 0 Å². The first-order chi connectivity index (χ1) is 11.2. The van der Waals surface area contributed by atoms with Crippen LogP contribution in [0.3, 0.4) is 0 Å². The van der Waals surface area contributed by atoms with Crippen LogP contribution in [0.2, 0.25) is 0 Å². The molecular weight excluding hydrogens is 435 g/mol. The fourth-order valence-corrected chi connectivity index (χ4v) is 2.93. The number of halogens is 1. The summed E-state index contributed by atoms with van der Waals surface area (Å²) in [5, 5.41) is 7.68. The first-order valence-electron chi connectivity index (χ1n) is 7.77. The lowest BCUT2D eigenvalue weighted by Crippen LogP contribution is -2.38. The van der Waals surface area contributed by atoms with Gasteiger partial charge >= 0.3 is 0 Å². The Bertz CT molecular complexity index is 618. The highest BCUT2D eigenvalue weighted by atomic mass is 127. The molecule has 0 saturated carbocycles. The second-order valence-electron chi connectivity index (χ2n) is 5.16. The first-order valence-corrected chi connectivity index (χ1v) is 8.59. The average molecular weight is 460 g/mol. The summed E-state index contributed by atoms with van der Waals surface area (Å²) < 4.78 is 5.33. The maximum absolute atomic E-state index is 5.33. The minimum atomic E-state index is 0. The lowest BCUT2D eigenvalue weighted by molar-refractivity contribution is 0.507. The van der Waals surface area contributed by atoms with Crippen LogP contribution in [-0.2, 0) is 12.8 Å². The molecule has 2 aromatic rings. The largest absolute Gasteiger partial charge is 0.469 e. The molecule has 0 amide bonds. The predicted molar refractivity (Wildman–Crippen MR) is 112 cm³/mol. The van der Waals surface area contributed by atoms with Crippen molar-refractivity contribution in [2.75, 3.05) is 19.6 Å². The highest BCUT2D eigenvalue weighted by Gasteiger charge is 2.04. The minimum Gasteiger partial charge on any atom is -0.469 e. The summed E-state index contributed by atoms with van der Waals surface area (Å²) in [7, 11) is 0. The van der Waals surface area contributed by atoms with Gasteiger partial charge in [-0.2, -0.15) is 0 Å². The fourth-order valence-electron chi connectivity index (χ4n) is 2.01. The summed E-state index contributed by atoms with van der Waals surface area (Å²) in [6.45, 7) is 10.0. The Hall–Kier alpha value is -1.35. The SMILES string of the molecule is C=CCNC(=NCCc1nc(C)c(C)s1)NCCc1ccco1.I. The number of hydrogen-bond donors (Lipinski definition) is 2. The van der Waals surface area contributed by atoms with E-state index in [0.717, 1.165) is 41.8 Å². The third-order valence-corrected chi connectivity index (χ3v) is 4.46. The Kier molecular flexibility index (Phi) is 9.70. The van der Waals surface area contributed by atoms with E-state index in [2.05, 4.69) is 34.1 Å². The zero-order valence-corrected chi connectivity index (χ0v) is 17.3. The number of thiazole rings is 1. The molecular formula is C17H25IN4OS. The molecule has 2 rings (SSSR count). The van der Waals surface area contributed by atoms with Crippen molar-refractivity contribution in [2.45, 2.75) is 26.7 Å². The van der Waals surface area contributed by atoms with E-state index in [1.165, 1.54) is 4.88 Å². The molecule has 2 N–H and O–H groups in total. The smallest absolute Gasteiger partial charge is 0.191 e. The van der Waals surface area contributed by atoms with Gasteiger partial charge in [-0.25, -0.2) is 4.98 Å². The molecule has 2 aromatic heterocycles. The van der Waals surface area contributed by atoms with E-state index in [1.54, 1.807) is 17.6 Å². The molecule has 0 aliphatic carbocycles. The summed E-state index contributed by atoms with van der Waals surface area (Å²) >= 11 is 1.75. The molecule has 24 heavy (non-hydrogen) atoms. The summed E-state index contributed by atoms with van der Waals surface area (Å²) in [5.74, 6) is 1.76. The summed E-state index contributed by atoms with van der Waals surface area (Å²) in [4.78, 5) is 10.4. The Balaban J connectivity index is 0.00000288. The molecule has 0 aromatic carbocycles. The molecule has 0 radical (unpaired) electrons. The maximum atomic E-state index is 5.33. The second kappa shape index (κ2) is 11.2. The molecule has 0 spiro atoms. The van der Waals surface area contributed by atoms with Crippen LogP contribution in [-0.4, -0.2) is 30.6 Å². The number of aryl methyl sites for hydroxylation is 2. The number of hydrogen-bond acceptors (Lipinski definition) is 4. The van der Waals surface area contributed by atoms with E-state index >= 15 is 0 Å². The van der Waals surface area contributed by atoms with Crippen LogP contribution in [0.15, 0.2) is 40.5 Å². The van der Waals surface area contributed by atoms with Crippen molar-refractivity contribution in [3.63, 3.8) is 0 Å². The summed E-state index contributed by atoms with van der Waals surface area (Å²) in [6, 6.07) is 3.88. The molecule has 0 fully saturated rings. The van der Waals surface area contributed by atoms with Crippen molar-refractivity contribution < 1.29 is 4.42 Å². The summed E-state index contributed by atoms with van der Waals surface area (Å²) in [6.07, 6.45) is 5.20. The van der Waals surface area contributed by atoms with E-state index in [4.69, 9.17) is 4.42 Å². The number of nitrogens with zero attached hydrogens (tertiary/aromatic N) is 2. The number of nitrogens with one attached hydrogen (secondary N) is 2. The Morgan fingerprint density at radius 1 is 1.38 bits per heavy atom. The monoisotopic (exact) mass is 460 g/mol. The van der Waals surface area contributed by atoms with Crippen LogP contribution in [0.25, 0.3) is 0 Å². The van der Waals surface area contributed by atoms with Crippen LogP contribution in [0.4, 0.5) is 0 Å². The van der Waals surface area contributed by atoms with Gasteiger partial charge in [0, 0.05) is 37.4 Å². The normalized spacial score (nSPS) is 11.0. The third kappa shape index (κ3) is 7.04. The summed E-state index contributed by atoms with van der Waals surface area (Å²) in [5.41, 5.74) is 1.12. The highest BCUT2D eigenvalue weighted by molar-refractivity contribution is 14.0. The third-order valence-electron chi connectivity index (χ3n) is 3.33. The molecule has 132 valence electrons. The molecule has 0 saturated heterocycles. The van der Waals surface area contributed by atoms with E-state index in [0.29, 0.717) is 13.1 Å². The van der Waals surface area contributed by atoms with E-state index in [1.807, 2.05) is 25.1 Å². The Morgan fingerprint density at radius 2 is 2.21 bits per heavy atom. The number of rotatable bonds is 8. The van der Waals surface area contributed by atoms with Gasteiger partial charge in [0.2, 0.25) is 0 Å². The lowest BCUT2D eigenvalue weighted by atomic mass is 10.3. The molecule has 2 heterocycles. The van der Waals surface area contributed by atoms with Gasteiger partial charge < -0.3 is 15.1 Å². The van der Waals surface area contributed by atoms with E-state index < -0.39 is 0 Å². The second-order valence-corrected chi connectivity index (χ2v) is 6.44. The van der Waals surface area contributed by atoms with Crippen LogP contribution in [0.5, 0.6) is 0 Å². The first kappa shape index (κ1) is 20.7. The van der Waals surface area contributed by atoms with Crippen molar-refractivity contribution >= 4 is 41.3 Å². The Labute approximate surface area is 164 Å². The topological polar surface area (TPSA) is 62.5 Å². The van der Waals surface area contributed by atoms with Gasteiger partial charge in [-0.3, -0.25) is 4.99 Å². The predicted octanol–water partition coefficient (Wildman–Crippen LogP) is 3.48. The zero-order valence-electron chi connectivity index (χ0n) is 14.2. The van der Waals surface area contributed by atoms with Crippen molar-refractivity contribution in [2.24, 2.45) is 4.99 Å². The van der Waals surface area contributed by atoms with Crippen LogP contribution >= 0.6 is 35.3 Å². The van der Waals surface area contributed by atoms with Gasteiger partial charge in [0.05, 0.1) is 17.0 Å². The molecule has 7 heteroatoms. The standard InChI is InChI=1S/C17H24N4OS.HI/c1-4-9-18-17(19-10-7-15-6-5-12-22-15)20-11-8-16-21-13(2)14(3)23-16;/h4-6,12H,1,7-11H2,2-3H3,(H2,18,19,20);1H. The minimum absolute atomic E-state index is 0. The molecule has 0 atom stereocenters. The molecule has 0 unspecified atom stereocenters. The van der Waals surface area contributed by atoms with E-state index in [-0.39, 0.29) is 24.0 Å². The Morgan fingerprint density at radius 3 is 2.83 bits per heavy atom. The van der Waals surface area contributed by atoms with Gasteiger partial charge in [-0.05, 0) is 26.0 Å². The molecule has 5 nitrogen and oxygen atoms in total. The van der Waals surface area contributed by atoms with Crippen molar-refractivity contribution in [3.05, 3.63) is 52.4 Å². The van der Waals surface area contributed by atoms with Crippen LogP contribution in [0.1, 0.15) is 21.3 Å². The number of aromatic nitrogens is 1. The van der Waals surface area contributed by atoms with Gasteiger partial charge in [-0.15, -0.1) is 41.9 Å². The number of aliphatic imine (C=N–C) groups is 1. The van der Waals surface area contributed by atoms with Crippen molar-refractivity contribution in [1.82, 2.24) is 15.6 Å². The quantitative estimate of drug-likeness (QED) is 0.274. The van der Waals surface area contributed by atoms with Gasteiger partial charge in [0.15, 0.2) is 5.96 Å².